The minimum atomic E-state index is -0.172. The molecule has 0 spiro atoms. The van der Waals surface area contributed by atoms with E-state index in [1.807, 2.05) is 0 Å². The van der Waals surface area contributed by atoms with E-state index >= 15 is 0 Å². The zero-order valence-corrected chi connectivity index (χ0v) is 10.6. The Labute approximate surface area is 107 Å². The van der Waals surface area contributed by atoms with Gasteiger partial charge in [0.15, 0.2) is 0 Å². The summed E-state index contributed by atoms with van der Waals surface area (Å²) in [5.74, 6) is 1.46. The van der Waals surface area contributed by atoms with Gasteiger partial charge in [0.2, 0.25) is 0 Å². The van der Waals surface area contributed by atoms with E-state index < -0.39 is 0 Å². The molecule has 3 rings (SSSR count). The summed E-state index contributed by atoms with van der Waals surface area (Å²) in [6, 6.07) is 5.17. The average Bonchev–Trinajstić information content (AvgIpc) is 3.11. The molecule has 1 aromatic rings. The summed E-state index contributed by atoms with van der Waals surface area (Å²) in [7, 11) is 0. The van der Waals surface area contributed by atoms with Crippen LogP contribution in [0.2, 0.25) is 0 Å². The third-order valence-corrected chi connectivity index (χ3v) is 4.05. The van der Waals surface area contributed by atoms with Crippen LogP contribution in [0.1, 0.15) is 37.7 Å². The first-order chi connectivity index (χ1) is 8.72. The molecular weight excluding hydrogens is 229 g/mol. The van der Waals surface area contributed by atoms with E-state index in [4.69, 9.17) is 10.5 Å². The third kappa shape index (κ3) is 2.66. The van der Waals surface area contributed by atoms with E-state index in [1.165, 1.54) is 18.9 Å². The van der Waals surface area contributed by atoms with Crippen LogP contribution in [0.3, 0.4) is 0 Å². The number of halogens is 1. The molecule has 2 atom stereocenters. The summed E-state index contributed by atoms with van der Waals surface area (Å²) in [5, 5.41) is 0. The van der Waals surface area contributed by atoms with Crippen molar-refractivity contribution < 1.29 is 9.13 Å². The van der Waals surface area contributed by atoms with Crippen molar-refractivity contribution in [3.05, 3.63) is 29.6 Å². The molecule has 1 aliphatic carbocycles. The Kier molecular flexibility index (Phi) is 3.25. The largest absolute Gasteiger partial charge is 0.490 e. The van der Waals surface area contributed by atoms with Gasteiger partial charge in [0, 0.05) is 18.0 Å². The Morgan fingerprint density at radius 1 is 1.39 bits per heavy atom. The molecule has 1 heterocycles. The number of benzene rings is 1. The first kappa shape index (κ1) is 12.0. The summed E-state index contributed by atoms with van der Waals surface area (Å²) in [6.45, 7) is 0. The van der Waals surface area contributed by atoms with Crippen LogP contribution in [0, 0.1) is 11.7 Å². The molecule has 2 nitrogen and oxygen atoms in total. The molecule has 1 aromatic carbocycles. The lowest BCUT2D eigenvalue weighted by atomic mass is 10.0. The molecule has 18 heavy (non-hydrogen) atoms. The minimum Gasteiger partial charge on any atom is -0.490 e. The standard InChI is InChI=1S/C15H20FNO/c16-12-6-7-15-11(8-12)9-13(18-15)2-1-3-14(17)10-4-5-10/h6-8,10,13-14H,1-5,9,17H2. The molecule has 98 valence electrons. The molecule has 0 radical (unpaired) electrons. The van der Waals surface area contributed by atoms with E-state index in [0.29, 0.717) is 6.04 Å². The molecule has 1 aliphatic heterocycles. The van der Waals surface area contributed by atoms with Crippen LogP contribution >= 0.6 is 0 Å². The van der Waals surface area contributed by atoms with E-state index in [0.717, 1.165) is 42.9 Å². The highest BCUT2D eigenvalue weighted by atomic mass is 19.1. The molecule has 1 saturated carbocycles. The van der Waals surface area contributed by atoms with Gasteiger partial charge in [-0.2, -0.15) is 0 Å². The molecule has 2 unspecified atom stereocenters. The highest BCUT2D eigenvalue weighted by Crippen LogP contribution is 2.34. The number of nitrogens with two attached hydrogens (primary N) is 1. The Bertz CT molecular complexity index is 431. The molecular formula is C15H20FNO. The predicted octanol–water partition coefficient (Wildman–Crippen LogP) is 3.04. The Balaban J connectivity index is 1.45. The second-order valence-corrected chi connectivity index (χ2v) is 5.63. The first-order valence-corrected chi connectivity index (χ1v) is 6.93. The van der Waals surface area contributed by atoms with Crippen molar-refractivity contribution in [2.45, 2.75) is 50.7 Å². The fraction of sp³-hybridized carbons (Fsp3) is 0.600. The SMILES string of the molecule is NC(CCCC1Cc2cc(F)ccc2O1)C1CC1. The molecule has 1 fully saturated rings. The van der Waals surface area contributed by atoms with Crippen molar-refractivity contribution in [2.75, 3.05) is 0 Å². The Morgan fingerprint density at radius 2 is 2.22 bits per heavy atom. The monoisotopic (exact) mass is 249 g/mol. The van der Waals surface area contributed by atoms with Crippen molar-refractivity contribution in [1.82, 2.24) is 0 Å². The van der Waals surface area contributed by atoms with Gasteiger partial charge in [-0.15, -0.1) is 0 Å². The van der Waals surface area contributed by atoms with Crippen LogP contribution in [0.25, 0.3) is 0 Å². The third-order valence-electron chi connectivity index (χ3n) is 4.05. The van der Waals surface area contributed by atoms with Crippen LogP contribution in [0.15, 0.2) is 18.2 Å². The fourth-order valence-corrected chi connectivity index (χ4v) is 2.79. The first-order valence-electron chi connectivity index (χ1n) is 6.93. The second kappa shape index (κ2) is 4.88. The quantitative estimate of drug-likeness (QED) is 0.870. The lowest BCUT2D eigenvalue weighted by Gasteiger charge is -2.13. The number of ether oxygens (including phenoxy) is 1. The van der Waals surface area contributed by atoms with Crippen molar-refractivity contribution in [3.8, 4) is 5.75 Å². The van der Waals surface area contributed by atoms with E-state index in [-0.39, 0.29) is 11.9 Å². The van der Waals surface area contributed by atoms with Crippen LogP contribution in [-0.4, -0.2) is 12.1 Å². The molecule has 0 bridgehead atoms. The highest BCUT2D eigenvalue weighted by molar-refractivity contribution is 5.37. The maximum atomic E-state index is 13.1. The van der Waals surface area contributed by atoms with Crippen molar-refractivity contribution >= 4 is 0 Å². The number of rotatable bonds is 5. The van der Waals surface area contributed by atoms with Gasteiger partial charge in [0.25, 0.3) is 0 Å². The topological polar surface area (TPSA) is 35.2 Å². The second-order valence-electron chi connectivity index (χ2n) is 5.63. The van der Waals surface area contributed by atoms with Crippen LogP contribution in [-0.2, 0) is 6.42 Å². The van der Waals surface area contributed by atoms with Crippen molar-refractivity contribution in [2.24, 2.45) is 11.7 Å². The number of hydrogen-bond acceptors (Lipinski definition) is 2. The average molecular weight is 249 g/mol. The van der Waals surface area contributed by atoms with Crippen LogP contribution in [0.4, 0.5) is 4.39 Å². The Hall–Kier alpha value is -1.09. The van der Waals surface area contributed by atoms with Crippen molar-refractivity contribution in [1.29, 1.82) is 0 Å². The van der Waals surface area contributed by atoms with Gasteiger partial charge >= 0.3 is 0 Å². The van der Waals surface area contributed by atoms with Gasteiger partial charge in [-0.25, -0.2) is 4.39 Å². The molecule has 2 N–H and O–H groups in total. The van der Waals surface area contributed by atoms with Crippen LogP contribution < -0.4 is 10.5 Å². The zero-order valence-electron chi connectivity index (χ0n) is 10.6. The maximum Gasteiger partial charge on any atom is 0.123 e. The molecule has 0 aromatic heterocycles. The van der Waals surface area contributed by atoms with Gasteiger partial charge in [0.05, 0.1) is 0 Å². The van der Waals surface area contributed by atoms with E-state index in [1.54, 1.807) is 12.1 Å². The summed E-state index contributed by atoms with van der Waals surface area (Å²) < 4.78 is 18.9. The molecule has 0 saturated heterocycles. The maximum absolute atomic E-state index is 13.1. The lowest BCUT2D eigenvalue weighted by molar-refractivity contribution is 0.215. The van der Waals surface area contributed by atoms with E-state index in [2.05, 4.69) is 0 Å². The summed E-state index contributed by atoms with van der Waals surface area (Å²) >= 11 is 0. The van der Waals surface area contributed by atoms with Crippen LogP contribution in [0.5, 0.6) is 5.75 Å². The molecule has 0 amide bonds. The van der Waals surface area contributed by atoms with Gasteiger partial charge in [0.1, 0.15) is 17.7 Å². The van der Waals surface area contributed by atoms with Gasteiger partial charge in [-0.3, -0.25) is 0 Å². The zero-order chi connectivity index (χ0) is 12.5. The fourth-order valence-electron chi connectivity index (χ4n) is 2.79. The molecule has 3 heteroatoms. The highest BCUT2D eigenvalue weighted by Gasteiger charge is 2.28. The van der Waals surface area contributed by atoms with Gasteiger partial charge < -0.3 is 10.5 Å². The predicted molar refractivity (Wildman–Crippen MR) is 69.1 cm³/mol. The lowest BCUT2D eigenvalue weighted by Crippen LogP contribution is -2.23. The smallest absolute Gasteiger partial charge is 0.123 e. The normalized spacial score (nSPS) is 23.6. The number of fused-ring (bicyclic) bond motifs is 1. The van der Waals surface area contributed by atoms with Gasteiger partial charge in [-0.05, 0) is 56.2 Å². The number of hydrogen-bond donors (Lipinski definition) is 1. The summed E-state index contributed by atoms with van der Waals surface area (Å²) in [4.78, 5) is 0. The van der Waals surface area contributed by atoms with E-state index in [9.17, 15) is 4.39 Å². The minimum absolute atomic E-state index is 0.172. The van der Waals surface area contributed by atoms with Gasteiger partial charge in [-0.1, -0.05) is 0 Å². The molecule has 2 aliphatic rings. The van der Waals surface area contributed by atoms with Crippen molar-refractivity contribution in [3.63, 3.8) is 0 Å². The Morgan fingerprint density at radius 3 is 3.00 bits per heavy atom. The summed E-state index contributed by atoms with van der Waals surface area (Å²) in [6.07, 6.45) is 6.90. The summed E-state index contributed by atoms with van der Waals surface area (Å²) in [5.41, 5.74) is 7.08.